The standard InChI is InChI=1S/C18H20N4OS/c1-12(18-16(23-3)6-7-24-18)9-20-17-8-15(21-11-22-17)14-5-4-13(2)19-10-14/h4-8,10-12H,9H2,1-3H3,(H,20,21,22). The number of ether oxygens (including phenoxy) is 1. The van der Waals surface area contributed by atoms with E-state index in [1.54, 1.807) is 24.8 Å². The first-order chi connectivity index (χ1) is 11.7. The molecular formula is C18H20N4OS. The second-order valence-electron chi connectivity index (χ2n) is 5.61. The summed E-state index contributed by atoms with van der Waals surface area (Å²) >= 11 is 1.71. The number of hydrogen-bond acceptors (Lipinski definition) is 6. The number of thiophene rings is 1. The first-order valence-corrected chi connectivity index (χ1v) is 8.65. The highest BCUT2D eigenvalue weighted by Gasteiger charge is 2.13. The van der Waals surface area contributed by atoms with E-state index in [1.807, 2.05) is 37.4 Å². The largest absolute Gasteiger partial charge is 0.496 e. The van der Waals surface area contributed by atoms with Gasteiger partial charge in [0.2, 0.25) is 0 Å². The third kappa shape index (κ3) is 3.71. The van der Waals surface area contributed by atoms with Crippen LogP contribution in [0.5, 0.6) is 5.75 Å². The Morgan fingerprint density at radius 3 is 2.83 bits per heavy atom. The summed E-state index contributed by atoms with van der Waals surface area (Å²) in [5, 5.41) is 5.44. The van der Waals surface area contributed by atoms with E-state index in [9.17, 15) is 0 Å². The average molecular weight is 340 g/mol. The second kappa shape index (κ2) is 7.40. The summed E-state index contributed by atoms with van der Waals surface area (Å²) in [6.07, 6.45) is 3.41. The number of anilines is 1. The second-order valence-corrected chi connectivity index (χ2v) is 6.56. The zero-order valence-electron chi connectivity index (χ0n) is 14.0. The van der Waals surface area contributed by atoms with Crippen LogP contribution < -0.4 is 10.1 Å². The minimum absolute atomic E-state index is 0.333. The maximum absolute atomic E-state index is 5.40. The molecule has 0 aliphatic rings. The Morgan fingerprint density at radius 2 is 2.08 bits per heavy atom. The molecule has 0 saturated carbocycles. The number of hydrogen-bond donors (Lipinski definition) is 1. The molecule has 0 aliphatic heterocycles. The van der Waals surface area contributed by atoms with Crippen LogP contribution in [0, 0.1) is 6.92 Å². The fourth-order valence-corrected chi connectivity index (χ4v) is 3.34. The molecule has 0 spiro atoms. The Labute approximate surface area is 145 Å². The fraction of sp³-hybridized carbons (Fsp3) is 0.278. The molecule has 3 heterocycles. The molecule has 0 amide bonds. The van der Waals surface area contributed by atoms with Gasteiger partial charge in [-0.3, -0.25) is 4.98 Å². The summed E-state index contributed by atoms with van der Waals surface area (Å²) in [5.41, 5.74) is 2.84. The van der Waals surface area contributed by atoms with Gasteiger partial charge in [-0.15, -0.1) is 11.3 Å². The third-order valence-electron chi connectivity index (χ3n) is 3.79. The van der Waals surface area contributed by atoms with E-state index in [-0.39, 0.29) is 0 Å². The first kappa shape index (κ1) is 16.4. The van der Waals surface area contributed by atoms with Gasteiger partial charge in [-0.25, -0.2) is 9.97 Å². The van der Waals surface area contributed by atoms with Gasteiger partial charge in [0.25, 0.3) is 0 Å². The summed E-state index contributed by atoms with van der Waals surface area (Å²) < 4.78 is 5.40. The SMILES string of the molecule is COc1ccsc1C(C)CNc1cc(-c2ccc(C)nc2)ncn1. The van der Waals surface area contributed by atoms with Crippen molar-refractivity contribution < 1.29 is 4.74 Å². The Balaban J connectivity index is 1.70. The number of aromatic nitrogens is 3. The van der Waals surface area contributed by atoms with Crippen molar-refractivity contribution in [3.63, 3.8) is 0 Å². The molecule has 3 rings (SSSR count). The molecule has 1 N–H and O–H groups in total. The van der Waals surface area contributed by atoms with Gasteiger partial charge in [-0.2, -0.15) is 0 Å². The molecule has 5 nitrogen and oxygen atoms in total. The van der Waals surface area contributed by atoms with Crippen LogP contribution in [0.2, 0.25) is 0 Å². The van der Waals surface area contributed by atoms with Gasteiger partial charge in [0.05, 0.1) is 17.7 Å². The highest BCUT2D eigenvalue weighted by molar-refractivity contribution is 7.10. The van der Waals surface area contributed by atoms with Crippen molar-refractivity contribution in [2.24, 2.45) is 0 Å². The smallest absolute Gasteiger partial charge is 0.133 e. The van der Waals surface area contributed by atoms with Crippen molar-refractivity contribution >= 4 is 17.2 Å². The summed E-state index contributed by atoms with van der Waals surface area (Å²) in [6.45, 7) is 4.92. The van der Waals surface area contributed by atoms with Crippen molar-refractivity contribution in [2.75, 3.05) is 19.0 Å². The molecule has 3 aromatic rings. The maximum atomic E-state index is 5.40. The van der Waals surface area contributed by atoms with Gasteiger partial charge in [0.15, 0.2) is 0 Å². The predicted molar refractivity (Wildman–Crippen MR) is 97.8 cm³/mol. The fourth-order valence-electron chi connectivity index (χ4n) is 2.42. The van der Waals surface area contributed by atoms with Gasteiger partial charge in [0, 0.05) is 36.0 Å². The van der Waals surface area contributed by atoms with Crippen LogP contribution in [0.4, 0.5) is 5.82 Å². The van der Waals surface area contributed by atoms with Crippen LogP contribution in [0.3, 0.4) is 0 Å². The number of nitrogens with one attached hydrogen (secondary N) is 1. The maximum Gasteiger partial charge on any atom is 0.133 e. The molecule has 0 aliphatic carbocycles. The normalized spacial score (nSPS) is 12.0. The summed E-state index contributed by atoms with van der Waals surface area (Å²) in [5.74, 6) is 2.09. The molecule has 0 fully saturated rings. The number of pyridine rings is 1. The lowest BCUT2D eigenvalue weighted by molar-refractivity contribution is 0.410. The molecular weight excluding hydrogens is 320 g/mol. The number of methoxy groups -OCH3 is 1. The predicted octanol–water partition coefficient (Wildman–Crippen LogP) is 4.13. The highest BCUT2D eigenvalue weighted by atomic mass is 32.1. The molecule has 3 aromatic heterocycles. The van der Waals surface area contributed by atoms with E-state index >= 15 is 0 Å². The first-order valence-electron chi connectivity index (χ1n) is 7.77. The molecule has 1 atom stereocenters. The number of nitrogens with zero attached hydrogens (tertiary/aromatic N) is 3. The van der Waals surface area contributed by atoms with Gasteiger partial charge in [0.1, 0.15) is 17.9 Å². The number of rotatable bonds is 6. The van der Waals surface area contributed by atoms with Crippen LogP contribution in [-0.2, 0) is 0 Å². The van der Waals surface area contributed by atoms with Crippen molar-refractivity contribution in [2.45, 2.75) is 19.8 Å². The minimum Gasteiger partial charge on any atom is -0.496 e. The molecule has 24 heavy (non-hydrogen) atoms. The van der Waals surface area contributed by atoms with E-state index in [0.29, 0.717) is 5.92 Å². The lowest BCUT2D eigenvalue weighted by Gasteiger charge is -2.13. The zero-order chi connectivity index (χ0) is 16.9. The van der Waals surface area contributed by atoms with Gasteiger partial charge in [-0.05, 0) is 30.5 Å². The Hall–Kier alpha value is -2.47. The zero-order valence-corrected chi connectivity index (χ0v) is 14.8. The van der Waals surface area contributed by atoms with Crippen molar-refractivity contribution in [3.05, 3.63) is 52.7 Å². The summed E-state index contributed by atoms with van der Waals surface area (Å²) in [7, 11) is 1.71. The molecule has 0 aromatic carbocycles. The summed E-state index contributed by atoms with van der Waals surface area (Å²) in [6, 6.07) is 7.96. The third-order valence-corrected chi connectivity index (χ3v) is 4.92. The van der Waals surface area contributed by atoms with E-state index in [1.165, 1.54) is 4.88 Å². The number of aryl methyl sites for hydroxylation is 1. The van der Waals surface area contributed by atoms with E-state index in [0.717, 1.165) is 35.1 Å². The lowest BCUT2D eigenvalue weighted by Crippen LogP contribution is -2.10. The van der Waals surface area contributed by atoms with Crippen LogP contribution in [0.1, 0.15) is 23.4 Å². The molecule has 0 saturated heterocycles. The molecule has 6 heteroatoms. The monoisotopic (exact) mass is 340 g/mol. The van der Waals surface area contributed by atoms with Crippen LogP contribution in [0.15, 0.2) is 42.2 Å². The Morgan fingerprint density at radius 1 is 1.21 bits per heavy atom. The minimum atomic E-state index is 0.333. The van der Waals surface area contributed by atoms with Crippen molar-refractivity contribution in [3.8, 4) is 17.0 Å². The van der Waals surface area contributed by atoms with Crippen molar-refractivity contribution in [1.82, 2.24) is 15.0 Å². The van der Waals surface area contributed by atoms with Crippen LogP contribution >= 0.6 is 11.3 Å². The molecule has 0 radical (unpaired) electrons. The Kier molecular flexibility index (Phi) is 5.05. The van der Waals surface area contributed by atoms with Crippen LogP contribution in [-0.4, -0.2) is 28.6 Å². The van der Waals surface area contributed by atoms with E-state index in [2.05, 4.69) is 32.6 Å². The molecule has 124 valence electrons. The average Bonchev–Trinajstić information content (AvgIpc) is 3.09. The van der Waals surface area contributed by atoms with E-state index in [4.69, 9.17) is 4.74 Å². The topological polar surface area (TPSA) is 59.9 Å². The highest BCUT2D eigenvalue weighted by Crippen LogP contribution is 2.32. The summed E-state index contributed by atoms with van der Waals surface area (Å²) in [4.78, 5) is 14.2. The van der Waals surface area contributed by atoms with Gasteiger partial charge < -0.3 is 10.1 Å². The lowest BCUT2D eigenvalue weighted by atomic mass is 10.1. The van der Waals surface area contributed by atoms with E-state index < -0.39 is 0 Å². The molecule has 1 unspecified atom stereocenters. The van der Waals surface area contributed by atoms with Crippen LogP contribution in [0.25, 0.3) is 11.3 Å². The quantitative estimate of drug-likeness (QED) is 0.731. The Bertz CT molecular complexity index is 801. The molecule has 0 bridgehead atoms. The van der Waals surface area contributed by atoms with Crippen molar-refractivity contribution in [1.29, 1.82) is 0 Å². The van der Waals surface area contributed by atoms with Gasteiger partial charge in [-0.1, -0.05) is 6.92 Å². The van der Waals surface area contributed by atoms with Gasteiger partial charge >= 0.3 is 0 Å².